The number of thioether (sulfide) groups is 1. The van der Waals surface area contributed by atoms with Crippen LogP contribution in [-0.2, 0) is 23.9 Å². The summed E-state index contributed by atoms with van der Waals surface area (Å²) in [6, 6.07) is 0. The number of esters is 2. The minimum Gasteiger partial charge on any atom is -0.461 e. The van der Waals surface area contributed by atoms with Crippen molar-refractivity contribution < 1.29 is 29.0 Å². The SMILES string of the molecule is CC(=O)OCC1=C(C(=O)OC(C)(C)C)N2C(=O)[C@H](O)[C@H]2SC1. The summed E-state index contributed by atoms with van der Waals surface area (Å²) in [5.41, 5.74) is -0.135. The van der Waals surface area contributed by atoms with Gasteiger partial charge in [-0.05, 0) is 20.8 Å². The van der Waals surface area contributed by atoms with E-state index in [0.717, 1.165) is 0 Å². The Hall–Kier alpha value is -1.54. The molecule has 0 radical (unpaired) electrons. The Labute approximate surface area is 132 Å². The second-order valence-corrected chi connectivity index (χ2v) is 7.19. The summed E-state index contributed by atoms with van der Waals surface area (Å²) >= 11 is 1.32. The van der Waals surface area contributed by atoms with Gasteiger partial charge < -0.3 is 14.6 Å². The van der Waals surface area contributed by atoms with Gasteiger partial charge in [0.25, 0.3) is 5.91 Å². The number of hydrogen-bond acceptors (Lipinski definition) is 7. The van der Waals surface area contributed by atoms with E-state index >= 15 is 0 Å². The highest BCUT2D eigenvalue weighted by Crippen LogP contribution is 2.40. The summed E-state index contributed by atoms with van der Waals surface area (Å²) in [6.45, 7) is 6.35. The van der Waals surface area contributed by atoms with Gasteiger partial charge in [0, 0.05) is 18.2 Å². The number of amides is 1. The number of hydrogen-bond donors (Lipinski definition) is 1. The molecular weight excluding hydrogens is 310 g/mol. The molecule has 122 valence electrons. The number of carbonyl (C=O) groups excluding carboxylic acids is 3. The molecule has 2 aliphatic rings. The largest absolute Gasteiger partial charge is 0.461 e. The zero-order valence-corrected chi connectivity index (χ0v) is 13.7. The first-order chi connectivity index (χ1) is 10.1. The molecule has 0 aliphatic carbocycles. The molecule has 7 nitrogen and oxygen atoms in total. The van der Waals surface area contributed by atoms with E-state index in [1.807, 2.05) is 0 Å². The van der Waals surface area contributed by atoms with Crippen LogP contribution in [0.3, 0.4) is 0 Å². The number of fused-ring (bicyclic) bond motifs is 1. The summed E-state index contributed by atoms with van der Waals surface area (Å²) in [4.78, 5) is 36.5. The van der Waals surface area contributed by atoms with E-state index in [1.54, 1.807) is 20.8 Å². The maximum atomic E-state index is 12.4. The van der Waals surface area contributed by atoms with Crippen LogP contribution in [0, 0.1) is 0 Å². The number of ether oxygens (including phenoxy) is 2. The van der Waals surface area contributed by atoms with Crippen molar-refractivity contribution in [3.63, 3.8) is 0 Å². The van der Waals surface area contributed by atoms with E-state index in [0.29, 0.717) is 11.3 Å². The van der Waals surface area contributed by atoms with Crippen LogP contribution in [-0.4, -0.2) is 57.3 Å². The molecule has 0 bridgehead atoms. The first kappa shape index (κ1) is 16.8. The van der Waals surface area contributed by atoms with Gasteiger partial charge >= 0.3 is 11.9 Å². The fraction of sp³-hybridized carbons (Fsp3) is 0.643. The van der Waals surface area contributed by atoms with E-state index in [2.05, 4.69) is 0 Å². The van der Waals surface area contributed by atoms with Crippen molar-refractivity contribution in [1.29, 1.82) is 0 Å². The summed E-state index contributed by atoms with van der Waals surface area (Å²) in [7, 11) is 0. The van der Waals surface area contributed by atoms with Crippen LogP contribution in [0.2, 0.25) is 0 Å². The predicted octanol–water partition coefficient (Wildman–Crippen LogP) is 0.421. The molecule has 2 rings (SSSR count). The van der Waals surface area contributed by atoms with E-state index in [-0.39, 0.29) is 12.3 Å². The standard InChI is InChI=1S/C14H19NO6S/c1-7(16)20-5-8-6-22-12-10(17)11(18)15(12)9(8)13(19)21-14(2,3)4/h10,12,17H,5-6H2,1-4H3/t10-,12+/m0/s1. The van der Waals surface area contributed by atoms with Crippen molar-refractivity contribution in [3.05, 3.63) is 11.3 Å². The van der Waals surface area contributed by atoms with Crippen molar-refractivity contribution >= 4 is 29.6 Å². The molecule has 2 heterocycles. The van der Waals surface area contributed by atoms with E-state index < -0.39 is 34.9 Å². The maximum absolute atomic E-state index is 12.4. The van der Waals surface area contributed by atoms with Gasteiger partial charge in [-0.3, -0.25) is 14.5 Å². The summed E-state index contributed by atoms with van der Waals surface area (Å²) in [5, 5.41) is 9.19. The fourth-order valence-electron chi connectivity index (χ4n) is 2.14. The lowest BCUT2D eigenvalue weighted by Crippen LogP contribution is -2.65. The van der Waals surface area contributed by atoms with Crippen LogP contribution in [0.1, 0.15) is 27.7 Å². The number of carbonyl (C=O) groups is 3. The molecule has 0 aromatic rings. The zero-order valence-electron chi connectivity index (χ0n) is 12.9. The van der Waals surface area contributed by atoms with E-state index in [9.17, 15) is 19.5 Å². The average molecular weight is 329 g/mol. The predicted molar refractivity (Wildman–Crippen MR) is 78.6 cm³/mol. The van der Waals surface area contributed by atoms with Gasteiger partial charge in [-0.2, -0.15) is 0 Å². The lowest BCUT2D eigenvalue weighted by Gasteiger charge is -2.47. The third-order valence-electron chi connectivity index (χ3n) is 3.06. The average Bonchev–Trinajstić information content (AvgIpc) is 2.41. The molecular formula is C14H19NO6S. The van der Waals surface area contributed by atoms with Crippen LogP contribution < -0.4 is 0 Å². The third-order valence-corrected chi connectivity index (χ3v) is 4.39. The fourth-order valence-corrected chi connectivity index (χ4v) is 3.39. The summed E-state index contributed by atoms with van der Waals surface area (Å²) in [6.07, 6.45) is -1.11. The normalized spacial score (nSPS) is 24.6. The molecule has 1 amide bonds. The lowest BCUT2D eigenvalue weighted by molar-refractivity contribution is -0.164. The molecule has 0 aromatic carbocycles. The quantitative estimate of drug-likeness (QED) is 0.592. The number of aliphatic hydroxyl groups excluding tert-OH is 1. The monoisotopic (exact) mass is 329 g/mol. The second-order valence-electron chi connectivity index (χ2n) is 6.09. The summed E-state index contributed by atoms with van der Waals surface area (Å²) in [5.74, 6) is -1.29. The Kier molecular flexibility index (Phi) is 4.53. The van der Waals surface area contributed by atoms with Gasteiger partial charge in [0.2, 0.25) is 0 Å². The molecule has 0 unspecified atom stereocenters. The summed E-state index contributed by atoms with van der Waals surface area (Å²) < 4.78 is 10.3. The molecule has 1 N–H and O–H groups in total. The first-order valence-electron chi connectivity index (χ1n) is 6.83. The highest BCUT2D eigenvalue weighted by molar-refractivity contribution is 8.00. The zero-order chi connectivity index (χ0) is 16.7. The topological polar surface area (TPSA) is 93.1 Å². The van der Waals surface area contributed by atoms with Crippen molar-refractivity contribution in [2.75, 3.05) is 12.4 Å². The number of nitrogens with zero attached hydrogens (tertiary/aromatic N) is 1. The number of β-lactam (4-membered cyclic amide) rings is 1. The Bertz CT molecular complexity index is 550. The van der Waals surface area contributed by atoms with Gasteiger partial charge in [0.1, 0.15) is 23.3 Å². The van der Waals surface area contributed by atoms with Gasteiger partial charge in [-0.15, -0.1) is 11.8 Å². The van der Waals surface area contributed by atoms with Crippen LogP contribution in [0.25, 0.3) is 0 Å². The number of rotatable bonds is 3. The molecule has 8 heteroatoms. The van der Waals surface area contributed by atoms with Crippen LogP contribution in [0.15, 0.2) is 11.3 Å². The second kappa shape index (κ2) is 5.92. The Morgan fingerprint density at radius 1 is 1.41 bits per heavy atom. The van der Waals surface area contributed by atoms with Crippen molar-refractivity contribution in [2.24, 2.45) is 0 Å². The maximum Gasteiger partial charge on any atom is 0.355 e. The molecule has 2 aliphatic heterocycles. The van der Waals surface area contributed by atoms with E-state index in [4.69, 9.17) is 9.47 Å². The third kappa shape index (κ3) is 3.27. The first-order valence-corrected chi connectivity index (χ1v) is 7.88. The molecule has 0 aromatic heterocycles. The van der Waals surface area contributed by atoms with Crippen LogP contribution in [0.5, 0.6) is 0 Å². The van der Waals surface area contributed by atoms with Gasteiger partial charge in [-0.25, -0.2) is 4.79 Å². The molecule has 1 saturated heterocycles. The van der Waals surface area contributed by atoms with E-state index in [1.165, 1.54) is 23.6 Å². The van der Waals surface area contributed by atoms with Crippen LogP contribution >= 0.6 is 11.8 Å². The molecule has 2 atom stereocenters. The Balaban J connectivity index is 2.30. The lowest BCUT2D eigenvalue weighted by atomic mass is 10.1. The molecule has 1 fully saturated rings. The Morgan fingerprint density at radius 3 is 2.59 bits per heavy atom. The number of aliphatic hydroxyl groups is 1. The van der Waals surface area contributed by atoms with Gasteiger partial charge in [-0.1, -0.05) is 0 Å². The molecule has 0 saturated carbocycles. The molecule has 0 spiro atoms. The highest BCUT2D eigenvalue weighted by Gasteiger charge is 2.53. The van der Waals surface area contributed by atoms with Crippen molar-refractivity contribution in [1.82, 2.24) is 4.90 Å². The van der Waals surface area contributed by atoms with Crippen LogP contribution in [0.4, 0.5) is 0 Å². The minimum atomic E-state index is -1.11. The smallest absolute Gasteiger partial charge is 0.355 e. The van der Waals surface area contributed by atoms with Gasteiger partial charge in [0.15, 0.2) is 6.10 Å². The van der Waals surface area contributed by atoms with Crippen molar-refractivity contribution in [3.8, 4) is 0 Å². The highest BCUT2D eigenvalue weighted by atomic mass is 32.2. The molecule has 22 heavy (non-hydrogen) atoms. The van der Waals surface area contributed by atoms with Gasteiger partial charge in [0.05, 0.1) is 0 Å². The Morgan fingerprint density at radius 2 is 2.05 bits per heavy atom. The van der Waals surface area contributed by atoms with Crippen molar-refractivity contribution in [2.45, 2.75) is 44.8 Å². The minimum absolute atomic E-state index is 0.0789.